The minimum Gasteiger partial charge on any atom is -0.347 e. The lowest BCUT2D eigenvalue weighted by molar-refractivity contribution is -0.133. The summed E-state index contributed by atoms with van der Waals surface area (Å²) in [6.45, 7) is 3.34. The number of thioether (sulfide) groups is 1. The molecular weight excluding hydrogens is 262 g/mol. The first-order valence-corrected chi connectivity index (χ1v) is 8.24. The van der Waals surface area contributed by atoms with Gasteiger partial charge < -0.3 is 15.5 Å². The molecule has 2 heterocycles. The standard InChI is InChI=1S/C13H23N3O2S/c17-12(9-11-1-7-19-8-2-11)15-10-13(18)16-5-3-14-4-6-16/h11,14H,1-10H2,(H,15,17). The average Bonchev–Trinajstić information content (AvgIpc) is 2.47. The van der Waals surface area contributed by atoms with Crippen LogP contribution in [0.25, 0.3) is 0 Å². The van der Waals surface area contributed by atoms with Gasteiger partial charge in [0, 0.05) is 32.6 Å². The van der Waals surface area contributed by atoms with E-state index in [1.54, 1.807) is 0 Å². The molecule has 0 aliphatic carbocycles. The lowest BCUT2D eigenvalue weighted by Gasteiger charge is -2.27. The summed E-state index contributed by atoms with van der Waals surface area (Å²) in [6, 6.07) is 0. The first-order valence-electron chi connectivity index (χ1n) is 7.08. The Balaban J connectivity index is 1.63. The van der Waals surface area contributed by atoms with Crippen LogP contribution < -0.4 is 10.6 Å². The molecule has 2 N–H and O–H groups in total. The van der Waals surface area contributed by atoms with Gasteiger partial charge in [0.05, 0.1) is 6.54 Å². The van der Waals surface area contributed by atoms with Gasteiger partial charge in [-0.15, -0.1) is 0 Å². The maximum Gasteiger partial charge on any atom is 0.242 e. The maximum atomic E-state index is 11.9. The van der Waals surface area contributed by atoms with Crippen LogP contribution in [0.15, 0.2) is 0 Å². The van der Waals surface area contributed by atoms with Crippen LogP contribution >= 0.6 is 11.8 Å². The predicted molar refractivity (Wildman–Crippen MR) is 77.1 cm³/mol. The number of rotatable bonds is 4. The quantitative estimate of drug-likeness (QED) is 0.767. The Morgan fingerprint density at radius 1 is 1.21 bits per heavy atom. The predicted octanol–water partition coefficient (Wildman–Crippen LogP) is 0.0677. The molecule has 0 bridgehead atoms. The van der Waals surface area contributed by atoms with E-state index in [0.717, 1.165) is 50.5 Å². The third kappa shape index (κ3) is 5.03. The topological polar surface area (TPSA) is 61.4 Å². The Morgan fingerprint density at radius 3 is 2.58 bits per heavy atom. The van der Waals surface area contributed by atoms with Gasteiger partial charge in [-0.05, 0) is 30.3 Å². The number of carbonyl (C=O) groups excluding carboxylic acids is 2. The fourth-order valence-corrected chi connectivity index (χ4v) is 3.69. The summed E-state index contributed by atoms with van der Waals surface area (Å²) in [4.78, 5) is 25.5. The summed E-state index contributed by atoms with van der Waals surface area (Å²) >= 11 is 1.96. The second-order valence-electron chi connectivity index (χ2n) is 5.17. The average molecular weight is 285 g/mol. The van der Waals surface area contributed by atoms with Gasteiger partial charge >= 0.3 is 0 Å². The zero-order valence-electron chi connectivity index (χ0n) is 11.3. The number of carbonyl (C=O) groups is 2. The van der Waals surface area contributed by atoms with E-state index < -0.39 is 0 Å². The SMILES string of the molecule is O=C(CC1CCSCC1)NCC(=O)N1CCNCC1. The van der Waals surface area contributed by atoms with E-state index in [2.05, 4.69) is 10.6 Å². The molecule has 5 nitrogen and oxygen atoms in total. The zero-order chi connectivity index (χ0) is 13.5. The van der Waals surface area contributed by atoms with Crippen molar-refractivity contribution in [2.45, 2.75) is 19.3 Å². The summed E-state index contributed by atoms with van der Waals surface area (Å²) in [5, 5.41) is 5.98. The molecule has 0 atom stereocenters. The molecule has 2 saturated heterocycles. The first-order chi connectivity index (χ1) is 9.25. The van der Waals surface area contributed by atoms with Crippen molar-refractivity contribution in [3.05, 3.63) is 0 Å². The van der Waals surface area contributed by atoms with Gasteiger partial charge in [-0.25, -0.2) is 0 Å². The summed E-state index contributed by atoms with van der Waals surface area (Å²) in [5.41, 5.74) is 0. The highest BCUT2D eigenvalue weighted by atomic mass is 32.2. The molecule has 0 unspecified atom stereocenters. The largest absolute Gasteiger partial charge is 0.347 e. The molecule has 108 valence electrons. The van der Waals surface area contributed by atoms with Crippen LogP contribution in [-0.2, 0) is 9.59 Å². The van der Waals surface area contributed by atoms with E-state index in [0.29, 0.717) is 12.3 Å². The molecule has 19 heavy (non-hydrogen) atoms. The van der Waals surface area contributed by atoms with Crippen molar-refractivity contribution in [3.8, 4) is 0 Å². The van der Waals surface area contributed by atoms with Crippen molar-refractivity contribution in [3.63, 3.8) is 0 Å². The molecule has 0 aromatic heterocycles. The Bertz CT molecular complexity index is 313. The molecule has 2 amide bonds. The minimum atomic E-state index is 0.0281. The van der Waals surface area contributed by atoms with Crippen molar-refractivity contribution in [1.29, 1.82) is 0 Å². The Labute approximate surface area is 118 Å². The van der Waals surface area contributed by atoms with Crippen molar-refractivity contribution in [1.82, 2.24) is 15.5 Å². The van der Waals surface area contributed by atoms with E-state index >= 15 is 0 Å². The Hall–Kier alpha value is -0.750. The van der Waals surface area contributed by atoms with Crippen molar-refractivity contribution < 1.29 is 9.59 Å². The molecule has 2 fully saturated rings. The van der Waals surface area contributed by atoms with Gasteiger partial charge in [0.15, 0.2) is 0 Å². The zero-order valence-corrected chi connectivity index (χ0v) is 12.1. The van der Waals surface area contributed by atoms with Crippen LogP contribution in [0.5, 0.6) is 0 Å². The van der Waals surface area contributed by atoms with E-state index in [9.17, 15) is 9.59 Å². The van der Waals surface area contributed by atoms with E-state index in [4.69, 9.17) is 0 Å². The van der Waals surface area contributed by atoms with Gasteiger partial charge in [0.1, 0.15) is 0 Å². The highest BCUT2D eigenvalue weighted by molar-refractivity contribution is 7.99. The molecule has 0 saturated carbocycles. The molecular formula is C13H23N3O2S. The fourth-order valence-electron chi connectivity index (χ4n) is 2.49. The number of amides is 2. The smallest absolute Gasteiger partial charge is 0.242 e. The second kappa shape index (κ2) is 7.75. The fraction of sp³-hybridized carbons (Fsp3) is 0.846. The number of nitrogens with one attached hydrogen (secondary N) is 2. The number of nitrogens with zero attached hydrogens (tertiary/aromatic N) is 1. The minimum absolute atomic E-state index is 0.0281. The molecule has 2 aliphatic rings. The summed E-state index contributed by atoms with van der Waals surface area (Å²) in [6.07, 6.45) is 2.84. The summed E-state index contributed by atoms with van der Waals surface area (Å²) in [7, 11) is 0. The molecule has 0 radical (unpaired) electrons. The molecule has 2 aliphatic heterocycles. The molecule has 0 aromatic rings. The van der Waals surface area contributed by atoms with Crippen LogP contribution in [0, 0.1) is 5.92 Å². The Morgan fingerprint density at radius 2 is 1.89 bits per heavy atom. The van der Waals surface area contributed by atoms with E-state index in [1.807, 2.05) is 16.7 Å². The van der Waals surface area contributed by atoms with Gasteiger partial charge in [-0.3, -0.25) is 9.59 Å². The first kappa shape index (κ1) is 14.7. The highest BCUT2D eigenvalue weighted by Crippen LogP contribution is 2.24. The second-order valence-corrected chi connectivity index (χ2v) is 6.39. The summed E-state index contributed by atoms with van der Waals surface area (Å²) in [5.74, 6) is 2.90. The van der Waals surface area contributed by atoms with Crippen LogP contribution in [0.3, 0.4) is 0 Å². The molecule has 6 heteroatoms. The third-order valence-electron chi connectivity index (χ3n) is 3.72. The highest BCUT2D eigenvalue weighted by Gasteiger charge is 2.19. The van der Waals surface area contributed by atoms with Crippen LogP contribution in [-0.4, -0.2) is 60.9 Å². The van der Waals surface area contributed by atoms with Gasteiger partial charge in [0.2, 0.25) is 11.8 Å². The van der Waals surface area contributed by atoms with Gasteiger partial charge in [-0.1, -0.05) is 0 Å². The normalized spacial score (nSPS) is 21.2. The monoisotopic (exact) mass is 285 g/mol. The van der Waals surface area contributed by atoms with Gasteiger partial charge in [-0.2, -0.15) is 11.8 Å². The molecule has 0 aromatic carbocycles. The van der Waals surface area contributed by atoms with Crippen molar-refractivity contribution in [2.24, 2.45) is 5.92 Å². The summed E-state index contributed by atoms with van der Waals surface area (Å²) < 4.78 is 0. The van der Waals surface area contributed by atoms with E-state index in [1.165, 1.54) is 0 Å². The van der Waals surface area contributed by atoms with Crippen molar-refractivity contribution >= 4 is 23.6 Å². The number of hydrogen-bond donors (Lipinski definition) is 2. The molecule has 2 rings (SSSR count). The van der Waals surface area contributed by atoms with Crippen LogP contribution in [0.2, 0.25) is 0 Å². The van der Waals surface area contributed by atoms with Gasteiger partial charge in [0.25, 0.3) is 0 Å². The van der Waals surface area contributed by atoms with Crippen LogP contribution in [0.1, 0.15) is 19.3 Å². The maximum absolute atomic E-state index is 11.9. The van der Waals surface area contributed by atoms with E-state index in [-0.39, 0.29) is 18.4 Å². The van der Waals surface area contributed by atoms with Crippen molar-refractivity contribution in [2.75, 3.05) is 44.2 Å². The number of hydrogen-bond acceptors (Lipinski definition) is 4. The Kier molecular flexibility index (Phi) is 5.97. The lowest BCUT2D eigenvalue weighted by Crippen LogP contribution is -2.49. The lowest BCUT2D eigenvalue weighted by atomic mass is 9.98. The number of piperazine rings is 1. The molecule has 0 spiro atoms. The third-order valence-corrected chi connectivity index (χ3v) is 4.77. The van der Waals surface area contributed by atoms with Crippen LogP contribution in [0.4, 0.5) is 0 Å².